The minimum Gasteiger partial charge on any atom is -0.354 e. The molecule has 4 rings (SSSR count). The molecule has 6 nitrogen and oxygen atoms in total. The van der Waals surface area contributed by atoms with E-state index in [0.717, 1.165) is 44.4 Å². The van der Waals surface area contributed by atoms with Gasteiger partial charge in [-0.1, -0.05) is 30.3 Å². The lowest BCUT2D eigenvalue weighted by Crippen LogP contribution is -2.44. The molecule has 0 amide bonds. The molecule has 0 aliphatic carbocycles. The van der Waals surface area contributed by atoms with Crippen LogP contribution in [0.4, 0.5) is 11.6 Å². The van der Waals surface area contributed by atoms with Gasteiger partial charge in [-0.3, -0.25) is 0 Å². The quantitative estimate of drug-likeness (QED) is 0.925. The maximum absolute atomic E-state index is 6.33. The molecule has 2 fully saturated rings. The molecule has 3 heterocycles. The third-order valence-corrected chi connectivity index (χ3v) is 4.96. The van der Waals surface area contributed by atoms with Crippen molar-refractivity contribution in [2.45, 2.75) is 25.7 Å². The largest absolute Gasteiger partial charge is 0.354 e. The first-order valence-electron chi connectivity index (χ1n) is 8.92. The molecule has 2 saturated heterocycles. The zero-order valence-electron chi connectivity index (χ0n) is 14.9. The molecule has 2 aromatic rings. The normalized spacial score (nSPS) is 23.0. The number of nitrogens with zero attached hydrogens (tertiary/aromatic N) is 4. The molecule has 2 aliphatic rings. The van der Waals surface area contributed by atoms with Crippen LogP contribution < -0.4 is 15.1 Å². The lowest BCUT2D eigenvalue weighted by molar-refractivity contribution is -0.0139. The van der Waals surface area contributed by atoms with Crippen LogP contribution in [0.1, 0.15) is 25.5 Å². The van der Waals surface area contributed by atoms with Crippen LogP contribution in [0.3, 0.4) is 0 Å². The summed E-state index contributed by atoms with van der Waals surface area (Å²) in [6, 6.07) is 12.5. The minimum absolute atomic E-state index is 0.0498. The first kappa shape index (κ1) is 16.3. The van der Waals surface area contributed by atoms with Crippen molar-refractivity contribution in [1.29, 1.82) is 0 Å². The highest BCUT2D eigenvalue weighted by molar-refractivity contribution is 5.52. The highest BCUT2D eigenvalue weighted by Crippen LogP contribution is 2.38. The fourth-order valence-corrected chi connectivity index (χ4v) is 3.60. The van der Waals surface area contributed by atoms with E-state index in [1.165, 1.54) is 5.56 Å². The Morgan fingerprint density at radius 2 is 1.80 bits per heavy atom. The molecule has 0 spiro atoms. The van der Waals surface area contributed by atoms with Crippen LogP contribution in [-0.2, 0) is 4.74 Å². The molecule has 1 unspecified atom stereocenters. The van der Waals surface area contributed by atoms with E-state index in [4.69, 9.17) is 4.74 Å². The number of nitrogens with one attached hydrogen (secondary N) is 1. The van der Waals surface area contributed by atoms with Gasteiger partial charge in [0.1, 0.15) is 29.8 Å². The number of piperazine rings is 1. The van der Waals surface area contributed by atoms with Crippen molar-refractivity contribution < 1.29 is 4.74 Å². The molecule has 0 saturated carbocycles. The fraction of sp³-hybridized carbons (Fsp3) is 0.474. The molecule has 1 atom stereocenters. The van der Waals surface area contributed by atoms with Gasteiger partial charge in [-0.2, -0.15) is 0 Å². The van der Waals surface area contributed by atoms with E-state index < -0.39 is 5.72 Å². The maximum atomic E-state index is 6.33. The van der Waals surface area contributed by atoms with Crippen molar-refractivity contribution in [3.63, 3.8) is 0 Å². The third-order valence-electron chi connectivity index (χ3n) is 4.96. The Balaban J connectivity index is 1.58. The maximum Gasteiger partial charge on any atom is 0.137 e. The van der Waals surface area contributed by atoms with Crippen LogP contribution in [-0.4, -0.2) is 48.4 Å². The molecular weight excluding hydrogens is 314 g/mol. The van der Waals surface area contributed by atoms with Gasteiger partial charge >= 0.3 is 0 Å². The second kappa shape index (κ2) is 6.61. The van der Waals surface area contributed by atoms with Gasteiger partial charge in [0.25, 0.3) is 0 Å². The zero-order chi connectivity index (χ0) is 17.3. The van der Waals surface area contributed by atoms with E-state index in [0.29, 0.717) is 0 Å². The Labute approximate surface area is 148 Å². The van der Waals surface area contributed by atoms with Crippen molar-refractivity contribution in [2.24, 2.45) is 0 Å². The first-order valence-corrected chi connectivity index (χ1v) is 8.92. The first-order chi connectivity index (χ1) is 12.1. The molecule has 6 heteroatoms. The van der Waals surface area contributed by atoms with Gasteiger partial charge in [0.05, 0.1) is 6.54 Å². The Hall–Kier alpha value is -2.18. The zero-order valence-corrected chi connectivity index (χ0v) is 14.9. The van der Waals surface area contributed by atoms with Gasteiger partial charge in [0, 0.05) is 32.2 Å². The van der Waals surface area contributed by atoms with Gasteiger partial charge in [0.15, 0.2) is 0 Å². The molecule has 2 aliphatic heterocycles. The van der Waals surface area contributed by atoms with Crippen molar-refractivity contribution in [3.05, 3.63) is 48.3 Å². The van der Waals surface area contributed by atoms with Gasteiger partial charge in [-0.15, -0.1) is 0 Å². The van der Waals surface area contributed by atoms with Crippen molar-refractivity contribution in [1.82, 2.24) is 15.3 Å². The fourth-order valence-electron chi connectivity index (χ4n) is 3.60. The van der Waals surface area contributed by atoms with Crippen LogP contribution in [0.5, 0.6) is 0 Å². The summed E-state index contributed by atoms with van der Waals surface area (Å²) in [6.07, 6.45) is 1.72. The third kappa shape index (κ3) is 3.32. The Morgan fingerprint density at radius 1 is 1.08 bits per heavy atom. The Bertz CT molecular complexity index is 715. The smallest absolute Gasteiger partial charge is 0.137 e. The lowest BCUT2D eigenvalue weighted by atomic mass is 10.1. The molecule has 1 aromatic carbocycles. The predicted molar refractivity (Wildman–Crippen MR) is 98.8 cm³/mol. The summed E-state index contributed by atoms with van der Waals surface area (Å²) in [5.41, 5.74) is 0.796. The van der Waals surface area contributed by atoms with E-state index in [9.17, 15) is 0 Å². The van der Waals surface area contributed by atoms with E-state index in [1.807, 2.05) is 6.07 Å². The summed E-state index contributed by atoms with van der Waals surface area (Å²) < 4.78 is 6.33. The summed E-state index contributed by atoms with van der Waals surface area (Å²) in [7, 11) is 0. The summed E-state index contributed by atoms with van der Waals surface area (Å²) in [6.45, 7) is 8.92. The standard InChI is InChI=1S/C19H25N5O/c1-19(2)24(13-16(25-19)15-6-4-3-5-7-15)18-12-17(21-14-22-18)23-10-8-20-9-11-23/h3-7,12,14,16,20H,8-11,13H2,1-2H3. The summed E-state index contributed by atoms with van der Waals surface area (Å²) >= 11 is 0. The van der Waals surface area contributed by atoms with Crippen LogP contribution in [0.15, 0.2) is 42.7 Å². The SMILES string of the molecule is CC1(C)OC(c2ccccc2)CN1c1cc(N2CCNCC2)ncn1. The molecule has 132 valence electrons. The van der Waals surface area contributed by atoms with Gasteiger partial charge < -0.3 is 19.9 Å². The molecule has 0 bridgehead atoms. The van der Waals surface area contributed by atoms with E-state index >= 15 is 0 Å². The summed E-state index contributed by atoms with van der Waals surface area (Å²) in [4.78, 5) is 13.6. The lowest BCUT2D eigenvalue weighted by Gasteiger charge is -2.32. The molecular formula is C19H25N5O. The number of anilines is 2. The number of aromatic nitrogens is 2. The van der Waals surface area contributed by atoms with Gasteiger partial charge in [-0.25, -0.2) is 9.97 Å². The molecule has 1 N–H and O–H groups in total. The van der Waals surface area contributed by atoms with E-state index in [2.05, 4.69) is 69.3 Å². The van der Waals surface area contributed by atoms with Crippen molar-refractivity contribution >= 4 is 11.6 Å². The number of rotatable bonds is 3. The Kier molecular flexibility index (Phi) is 4.31. The monoisotopic (exact) mass is 339 g/mol. The van der Waals surface area contributed by atoms with Crippen LogP contribution in [0.2, 0.25) is 0 Å². The number of ether oxygens (including phenoxy) is 1. The van der Waals surface area contributed by atoms with E-state index in [-0.39, 0.29) is 6.10 Å². The number of benzene rings is 1. The average molecular weight is 339 g/mol. The highest BCUT2D eigenvalue weighted by atomic mass is 16.5. The van der Waals surface area contributed by atoms with Crippen molar-refractivity contribution in [2.75, 3.05) is 42.5 Å². The number of hydrogen-bond acceptors (Lipinski definition) is 6. The summed E-state index contributed by atoms with van der Waals surface area (Å²) in [5.74, 6) is 1.91. The minimum atomic E-state index is -0.407. The van der Waals surface area contributed by atoms with Crippen LogP contribution in [0, 0.1) is 0 Å². The van der Waals surface area contributed by atoms with E-state index in [1.54, 1.807) is 6.33 Å². The second-order valence-electron chi connectivity index (χ2n) is 7.05. The van der Waals surface area contributed by atoms with Gasteiger partial charge in [-0.05, 0) is 19.4 Å². The number of hydrogen-bond donors (Lipinski definition) is 1. The van der Waals surface area contributed by atoms with Crippen molar-refractivity contribution in [3.8, 4) is 0 Å². The molecule has 25 heavy (non-hydrogen) atoms. The van der Waals surface area contributed by atoms with Crippen LogP contribution in [0.25, 0.3) is 0 Å². The highest BCUT2D eigenvalue weighted by Gasteiger charge is 2.41. The predicted octanol–water partition coefficient (Wildman–Crippen LogP) is 2.20. The topological polar surface area (TPSA) is 53.5 Å². The molecule has 1 aromatic heterocycles. The second-order valence-corrected chi connectivity index (χ2v) is 7.05. The van der Waals surface area contributed by atoms with Crippen LogP contribution >= 0.6 is 0 Å². The summed E-state index contributed by atoms with van der Waals surface area (Å²) in [5, 5.41) is 3.38. The van der Waals surface area contributed by atoms with Gasteiger partial charge in [0.2, 0.25) is 0 Å². The Morgan fingerprint density at radius 3 is 2.56 bits per heavy atom. The molecule has 0 radical (unpaired) electrons. The average Bonchev–Trinajstić information content (AvgIpc) is 2.99.